The van der Waals surface area contributed by atoms with Crippen molar-refractivity contribution in [3.8, 4) is 0 Å². The van der Waals surface area contributed by atoms with E-state index < -0.39 is 5.97 Å². The molecule has 3 heteroatoms. The topological polar surface area (TPSA) is 54.4 Å². The van der Waals surface area contributed by atoms with Crippen molar-refractivity contribution in [3.63, 3.8) is 0 Å². The minimum absolute atomic E-state index is 0.0482. The first-order chi connectivity index (χ1) is 21.1. The number of carbonyl (C=O) groups excluding carboxylic acids is 1. The summed E-state index contributed by atoms with van der Waals surface area (Å²) in [5, 5.41) is 9.13. The molecule has 0 unspecified atom stereocenters. The van der Waals surface area contributed by atoms with E-state index in [0.29, 0.717) is 0 Å². The molecular weight excluding hydrogens is 528 g/mol. The SMILES string of the molecule is CCCCCCCCC=CCCCCCCCCC(CCCCCCCCC=CCCCCCCCC)C(=O)CC(=O)O. The third-order valence-electron chi connectivity index (χ3n) is 8.91. The molecule has 0 radical (unpaired) electrons. The Bertz CT molecular complexity index is 608. The Hall–Kier alpha value is -1.38. The van der Waals surface area contributed by atoms with Gasteiger partial charge in [0.15, 0.2) is 0 Å². The maximum atomic E-state index is 12.5. The molecule has 0 atom stereocenters. The van der Waals surface area contributed by atoms with E-state index in [-0.39, 0.29) is 18.1 Å². The van der Waals surface area contributed by atoms with Crippen molar-refractivity contribution in [1.29, 1.82) is 0 Å². The number of ketones is 1. The molecule has 0 amide bonds. The molecule has 3 nitrogen and oxygen atoms in total. The molecule has 0 rings (SSSR count). The van der Waals surface area contributed by atoms with Crippen LogP contribution in [0.3, 0.4) is 0 Å². The van der Waals surface area contributed by atoms with E-state index in [1.54, 1.807) is 0 Å². The quantitative estimate of drug-likeness (QED) is 0.0446. The molecule has 0 spiro atoms. The molecule has 0 fully saturated rings. The van der Waals surface area contributed by atoms with Crippen LogP contribution in [-0.4, -0.2) is 16.9 Å². The molecule has 1 N–H and O–H groups in total. The van der Waals surface area contributed by atoms with Crippen molar-refractivity contribution >= 4 is 11.8 Å². The number of carboxylic acids is 1. The summed E-state index contributed by atoms with van der Waals surface area (Å²) in [5.41, 5.74) is 0. The van der Waals surface area contributed by atoms with E-state index in [4.69, 9.17) is 5.11 Å². The lowest BCUT2D eigenvalue weighted by Crippen LogP contribution is -2.18. The second-order valence-electron chi connectivity index (χ2n) is 13.2. The van der Waals surface area contributed by atoms with Gasteiger partial charge in [-0.1, -0.05) is 167 Å². The van der Waals surface area contributed by atoms with E-state index in [0.717, 1.165) is 38.5 Å². The molecular formula is C40H74O3. The normalized spacial score (nSPS) is 12.5. The molecule has 0 aromatic rings. The van der Waals surface area contributed by atoms with Gasteiger partial charge in [0.05, 0.1) is 0 Å². The van der Waals surface area contributed by atoms with Crippen LogP contribution < -0.4 is 0 Å². The smallest absolute Gasteiger partial charge is 0.310 e. The third-order valence-corrected chi connectivity index (χ3v) is 8.91. The highest BCUT2D eigenvalue weighted by molar-refractivity contribution is 5.95. The van der Waals surface area contributed by atoms with Gasteiger partial charge in [0.1, 0.15) is 12.2 Å². The first kappa shape index (κ1) is 41.6. The van der Waals surface area contributed by atoms with Gasteiger partial charge >= 0.3 is 5.97 Å². The minimum atomic E-state index is -0.975. The van der Waals surface area contributed by atoms with Crippen molar-refractivity contribution in [3.05, 3.63) is 24.3 Å². The highest BCUT2D eigenvalue weighted by atomic mass is 16.4. The molecule has 0 aromatic carbocycles. The molecule has 0 aromatic heterocycles. The Morgan fingerprint density at radius 1 is 0.442 bits per heavy atom. The van der Waals surface area contributed by atoms with Gasteiger partial charge in [0.2, 0.25) is 0 Å². The molecule has 0 bridgehead atoms. The fourth-order valence-electron chi connectivity index (χ4n) is 6.04. The molecule has 0 aliphatic carbocycles. The zero-order valence-corrected chi connectivity index (χ0v) is 29.1. The van der Waals surface area contributed by atoms with Crippen LogP contribution in [0.25, 0.3) is 0 Å². The van der Waals surface area contributed by atoms with Gasteiger partial charge in [-0.15, -0.1) is 0 Å². The predicted octanol–water partition coefficient (Wildman–Crippen LogP) is 13.5. The van der Waals surface area contributed by atoms with Gasteiger partial charge in [0, 0.05) is 5.92 Å². The first-order valence-electron chi connectivity index (χ1n) is 19.2. The van der Waals surface area contributed by atoms with E-state index in [2.05, 4.69) is 38.2 Å². The van der Waals surface area contributed by atoms with Gasteiger partial charge in [0.25, 0.3) is 0 Å². The van der Waals surface area contributed by atoms with E-state index in [1.165, 1.54) is 154 Å². The average Bonchev–Trinajstić information content (AvgIpc) is 2.99. The Morgan fingerprint density at radius 2 is 0.721 bits per heavy atom. The second-order valence-corrected chi connectivity index (χ2v) is 13.2. The molecule has 252 valence electrons. The standard InChI is InChI=1S/C40H74O3/c1-3-5-7-9-11-13-15-17-19-21-23-25-27-29-31-33-35-38(39(41)37-40(42)43)36-34-32-30-28-26-24-22-20-18-16-14-12-10-8-6-4-2/h17-20,38H,3-16,21-37H2,1-2H3,(H,42,43). The largest absolute Gasteiger partial charge is 0.481 e. The number of carboxylic acid groups (broad SMARTS) is 1. The number of Topliss-reactive ketones (excluding diaryl/α,β-unsaturated/α-hetero) is 1. The lowest BCUT2D eigenvalue weighted by Gasteiger charge is -2.15. The highest BCUT2D eigenvalue weighted by Crippen LogP contribution is 2.22. The van der Waals surface area contributed by atoms with E-state index >= 15 is 0 Å². The van der Waals surface area contributed by atoms with Crippen LogP contribution in [0, 0.1) is 5.92 Å². The third kappa shape index (κ3) is 33.4. The molecule has 0 heterocycles. The van der Waals surface area contributed by atoms with Crippen LogP contribution in [0.2, 0.25) is 0 Å². The van der Waals surface area contributed by atoms with Crippen LogP contribution >= 0.6 is 0 Å². The number of aliphatic carboxylic acids is 1. The van der Waals surface area contributed by atoms with Gasteiger partial charge in [-0.3, -0.25) is 9.59 Å². The van der Waals surface area contributed by atoms with Gasteiger partial charge in [-0.2, -0.15) is 0 Å². The Labute approximate surface area is 269 Å². The van der Waals surface area contributed by atoms with Crippen molar-refractivity contribution < 1.29 is 14.7 Å². The molecule has 0 aliphatic heterocycles. The number of unbranched alkanes of at least 4 members (excludes halogenated alkanes) is 24. The molecule has 0 aliphatic rings. The molecule has 43 heavy (non-hydrogen) atoms. The van der Waals surface area contributed by atoms with Crippen LogP contribution in [0.4, 0.5) is 0 Å². The summed E-state index contributed by atoms with van der Waals surface area (Å²) in [6.45, 7) is 4.54. The van der Waals surface area contributed by atoms with Crippen molar-refractivity contribution in [1.82, 2.24) is 0 Å². The maximum absolute atomic E-state index is 12.5. The molecule has 0 saturated carbocycles. The van der Waals surface area contributed by atoms with Crippen LogP contribution in [0.15, 0.2) is 24.3 Å². The van der Waals surface area contributed by atoms with E-state index in [9.17, 15) is 9.59 Å². The number of rotatable bonds is 35. The van der Waals surface area contributed by atoms with Crippen molar-refractivity contribution in [2.45, 2.75) is 213 Å². The summed E-state index contributed by atoms with van der Waals surface area (Å²) in [6, 6.07) is 0. The van der Waals surface area contributed by atoms with Crippen molar-refractivity contribution in [2.75, 3.05) is 0 Å². The van der Waals surface area contributed by atoms with Crippen LogP contribution in [-0.2, 0) is 9.59 Å². The summed E-state index contributed by atoms with van der Waals surface area (Å²) >= 11 is 0. The Morgan fingerprint density at radius 3 is 1.02 bits per heavy atom. The second kappa shape index (κ2) is 35.1. The number of hydrogen-bond acceptors (Lipinski definition) is 2. The van der Waals surface area contributed by atoms with Crippen LogP contribution in [0.1, 0.15) is 213 Å². The molecule has 0 saturated heterocycles. The number of carbonyl (C=O) groups is 2. The van der Waals surface area contributed by atoms with Crippen molar-refractivity contribution in [2.24, 2.45) is 5.92 Å². The van der Waals surface area contributed by atoms with Gasteiger partial charge in [-0.25, -0.2) is 0 Å². The van der Waals surface area contributed by atoms with E-state index in [1.807, 2.05) is 0 Å². The number of allylic oxidation sites excluding steroid dienone is 4. The predicted molar refractivity (Wildman–Crippen MR) is 189 cm³/mol. The summed E-state index contributed by atoms with van der Waals surface area (Å²) in [6.07, 6.45) is 46.9. The number of hydrogen-bond donors (Lipinski definition) is 1. The monoisotopic (exact) mass is 603 g/mol. The summed E-state index contributed by atoms with van der Waals surface area (Å²) in [7, 11) is 0. The lowest BCUT2D eigenvalue weighted by molar-refractivity contribution is -0.141. The van der Waals surface area contributed by atoms with Crippen LogP contribution in [0.5, 0.6) is 0 Å². The fourth-order valence-corrected chi connectivity index (χ4v) is 6.04. The fraction of sp³-hybridized carbons (Fsp3) is 0.850. The Kier molecular flexibility index (Phi) is 34.0. The van der Waals surface area contributed by atoms with Gasteiger partial charge in [-0.05, 0) is 64.2 Å². The first-order valence-corrected chi connectivity index (χ1v) is 19.2. The summed E-state index contributed by atoms with van der Waals surface area (Å²) in [4.78, 5) is 23.7. The van der Waals surface area contributed by atoms with Gasteiger partial charge < -0.3 is 5.11 Å². The Balaban J connectivity index is 3.78. The zero-order chi connectivity index (χ0) is 31.5. The average molecular weight is 603 g/mol. The summed E-state index contributed by atoms with van der Waals surface area (Å²) in [5.74, 6) is -1.07. The summed E-state index contributed by atoms with van der Waals surface area (Å²) < 4.78 is 0. The zero-order valence-electron chi connectivity index (χ0n) is 29.1. The highest BCUT2D eigenvalue weighted by Gasteiger charge is 2.20. The maximum Gasteiger partial charge on any atom is 0.310 e. The minimum Gasteiger partial charge on any atom is -0.481 e. The lowest BCUT2D eigenvalue weighted by atomic mass is 9.89.